The Morgan fingerprint density at radius 2 is 1.79 bits per heavy atom. The second kappa shape index (κ2) is 7.46. The van der Waals surface area contributed by atoms with Gasteiger partial charge in [0.25, 0.3) is 0 Å². The van der Waals surface area contributed by atoms with Crippen LogP contribution in [0.3, 0.4) is 0 Å². The normalized spacial score (nSPS) is 11.7. The molecular weight excluding hydrogens is 302 g/mol. The molecular formula is C19H19N3O2. The third-order valence-electron chi connectivity index (χ3n) is 3.64. The predicted molar refractivity (Wildman–Crippen MR) is 91.7 cm³/mol. The number of hydrogen-bond acceptors (Lipinski definition) is 3. The standard InChI is InChI=1S/C19H19N3O2/c1-15(21-19(23)24-14-16-8-4-2-5-9-16)18-20-12-13-22(18)17-10-6-3-7-11-17/h2-13,15H,14H2,1H3,(H,21,23). The summed E-state index contributed by atoms with van der Waals surface area (Å²) in [6, 6.07) is 19.2. The lowest BCUT2D eigenvalue weighted by atomic mass is 10.2. The maximum Gasteiger partial charge on any atom is 0.408 e. The molecule has 3 rings (SSSR count). The quantitative estimate of drug-likeness (QED) is 0.776. The largest absolute Gasteiger partial charge is 0.445 e. The van der Waals surface area contributed by atoms with Gasteiger partial charge in [-0.3, -0.25) is 0 Å². The van der Waals surface area contributed by atoms with Crippen LogP contribution in [0.2, 0.25) is 0 Å². The highest BCUT2D eigenvalue weighted by Crippen LogP contribution is 2.16. The average Bonchev–Trinajstić information content (AvgIpc) is 3.11. The van der Waals surface area contributed by atoms with E-state index in [1.807, 2.05) is 78.4 Å². The van der Waals surface area contributed by atoms with E-state index >= 15 is 0 Å². The summed E-state index contributed by atoms with van der Waals surface area (Å²) in [5, 5.41) is 2.82. The Morgan fingerprint density at radius 1 is 1.12 bits per heavy atom. The molecule has 1 amide bonds. The molecule has 0 saturated heterocycles. The van der Waals surface area contributed by atoms with Gasteiger partial charge in [-0.1, -0.05) is 48.5 Å². The van der Waals surface area contributed by atoms with Gasteiger partial charge in [0.15, 0.2) is 0 Å². The van der Waals surface area contributed by atoms with Crippen LogP contribution in [0, 0.1) is 0 Å². The van der Waals surface area contributed by atoms with Gasteiger partial charge in [-0.15, -0.1) is 0 Å². The Bertz CT molecular complexity index is 785. The monoisotopic (exact) mass is 321 g/mol. The zero-order chi connectivity index (χ0) is 16.8. The molecule has 0 aliphatic rings. The van der Waals surface area contributed by atoms with E-state index in [2.05, 4.69) is 10.3 Å². The summed E-state index contributed by atoms with van der Waals surface area (Å²) in [6.45, 7) is 2.12. The smallest absolute Gasteiger partial charge is 0.408 e. The number of hydrogen-bond donors (Lipinski definition) is 1. The van der Waals surface area contributed by atoms with Gasteiger partial charge in [0.1, 0.15) is 12.4 Å². The lowest BCUT2D eigenvalue weighted by molar-refractivity contribution is 0.136. The number of aromatic nitrogens is 2. The summed E-state index contributed by atoms with van der Waals surface area (Å²) in [5.41, 5.74) is 1.95. The molecule has 1 atom stereocenters. The van der Waals surface area contributed by atoms with E-state index in [1.54, 1.807) is 6.20 Å². The number of nitrogens with one attached hydrogen (secondary N) is 1. The SMILES string of the molecule is CC(NC(=O)OCc1ccccc1)c1nccn1-c1ccccc1. The Hall–Kier alpha value is -3.08. The molecule has 0 bridgehead atoms. The minimum Gasteiger partial charge on any atom is -0.445 e. The molecule has 1 aromatic heterocycles. The number of para-hydroxylation sites is 1. The van der Waals surface area contributed by atoms with Gasteiger partial charge in [-0.05, 0) is 24.6 Å². The molecule has 0 spiro atoms. The van der Waals surface area contributed by atoms with E-state index in [-0.39, 0.29) is 12.6 Å². The number of amides is 1. The molecule has 0 fully saturated rings. The van der Waals surface area contributed by atoms with E-state index < -0.39 is 6.09 Å². The van der Waals surface area contributed by atoms with Crippen molar-refractivity contribution in [3.63, 3.8) is 0 Å². The average molecular weight is 321 g/mol. The van der Waals surface area contributed by atoms with E-state index in [0.717, 1.165) is 17.1 Å². The summed E-state index contributed by atoms with van der Waals surface area (Å²) < 4.78 is 7.20. The number of benzene rings is 2. The van der Waals surface area contributed by atoms with E-state index in [9.17, 15) is 4.79 Å². The van der Waals surface area contributed by atoms with Crippen LogP contribution >= 0.6 is 0 Å². The maximum atomic E-state index is 12.0. The summed E-state index contributed by atoms with van der Waals surface area (Å²) >= 11 is 0. The third-order valence-corrected chi connectivity index (χ3v) is 3.64. The molecule has 3 aromatic rings. The number of ether oxygens (including phenoxy) is 1. The Labute approximate surface area is 140 Å². The molecule has 0 saturated carbocycles. The molecule has 1 N–H and O–H groups in total. The highest BCUT2D eigenvalue weighted by Gasteiger charge is 2.16. The van der Waals surface area contributed by atoms with E-state index in [0.29, 0.717) is 0 Å². The van der Waals surface area contributed by atoms with E-state index in [1.165, 1.54) is 0 Å². The maximum absolute atomic E-state index is 12.0. The second-order valence-corrected chi connectivity index (χ2v) is 5.42. The Kier molecular flexibility index (Phi) is 4.91. The van der Waals surface area contributed by atoms with E-state index in [4.69, 9.17) is 4.74 Å². The number of alkyl carbamates (subject to hydrolysis) is 1. The van der Waals surface area contributed by atoms with Crippen molar-refractivity contribution in [2.45, 2.75) is 19.6 Å². The highest BCUT2D eigenvalue weighted by molar-refractivity contribution is 5.67. The van der Waals surface area contributed by atoms with Crippen molar-refractivity contribution in [1.29, 1.82) is 0 Å². The molecule has 1 unspecified atom stereocenters. The topological polar surface area (TPSA) is 56.1 Å². The highest BCUT2D eigenvalue weighted by atomic mass is 16.5. The first-order valence-corrected chi connectivity index (χ1v) is 7.80. The van der Waals surface area contributed by atoms with Crippen molar-refractivity contribution in [2.75, 3.05) is 0 Å². The van der Waals surface area contributed by atoms with Crippen LogP contribution in [-0.4, -0.2) is 15.6 Å². The van der Waals surface area contributed by atoms with Gasteiger partial charge < -0.3 is 14.6 Å². The molecule has 122 valence electrons. The van der Waals surface area contributed by atoms with Crippen molar-refractivity contribution in [2.24, 2.45) is 0 Å². The fourth-order valence-corrected chi connectivity index (χ4v) is 2.45. The van der Waals surface area contributed by atoms with Gasteiger partial charge in [0.05, 0.1) is 6.04 Å². The molecule has 5 nitrogen and oxygen atoms in total. The first kappa shape index (κ1) is 15.8. The van der Waals surface area contributed by atoms with Gasteiger partial charge >= 0.3 is 6.09 Å². The molecule has 24 heavy (non-hydrogen) atoms. The molecule has 5 heteroatoms. The molecule has 2 aromatic carbocycles. The van der Waals surface area contributed by atoms with Crippen molar-refractivity contribution in [3.05, 3.63) is 84.4 Å². The van der Waals surface area contributed by atoms with Crippen molar-refractivity contribution in [1.82, 2.24) is 14.9 Å². The molecule has 0 radical (unpaired) electrons. The Morgan fingerprint density at radius 3 is 2.50 bits per heavy atom. The first-order valence-electron chi connectivity index (χ1n) is 7.80. The molecule has 1 heterocycles. The van der Waals surface area contributed by atoms with Gasteiger partial charge in [0, 0.05) is 18.1 Å². The summed E-state index contributed by atoms with van der Waals surface area (Å²) in [7, 11) is 0. The minimum atomic E-state index is -0.464. The number of imidazole rings is 1. The minimum absolute atomic E-state index is 0.243. The predicted octanol–water partition coefficient (Wildman–Crippen LogP) is 3.86. The second-order valence-electron chi connectivity index (χ2n) is 5.42. The van der Waals surface area contributed by atoms with Crippen LogP contribution in [0.4, 0.5) is 4.79 Å². The van der Waals surface area contributed by atoms with Crippen molar-refractivity contribution in [3.8, 4) is 5.69 Å². The number of nitrogens with zero attached hydrogens (tertiary/aromatic N) is 2. The fraction of sp³-hybridized carbons (Fsp3) is 0.158. The zero-order valence-electron chi connectivity index (χ0n) is 13.4. The van der Waals surface area contributed by atoms with Crippen LogP contribution < -0.4 is 5.32 Å². The number of rotatable bonds is 5. The van der Waals surface area contributed by atoms with Crippen LogP contribution in [0.25, 0.3) is 5.69 Å². The van der Waals surface area contributed by atoms with Crippen molar-refractivity contribution < 1.29 is 9.53 Å². The lowest BCUT2D eigenvalue weighted by Crippen LogP contribution is -2.29. The van der Waals surface area contributed by atoms with Gasteiger partial charge in [-0.2, -0.15) is 0 Å². The number of carbonyl (C=O) groups is 1. The lowest BCUT2D eigenvalue weighted by Gasteiger charge is -2.16. The zero-order valence-corrected chi connectivity index (χ0v) is 13.4. The molecule has 0 aliphatic heterocycles. The van der Waals surface area contributed by atoms with Crippen LogP contribution in [0.1, 0.15) is 24.4 Å². The third kappa shape index (κ3) is 3.81. The first-order chi connectivity index (χ1) is 11.7. The van der Waals surface area contributed by atoms with Gasteiger partial charge in [-0.25, -0.2) is 9.78 Å². The van der Waals surface area contributed by atoms with Gasteiger partial charge in [0.2, 0.25) is 0 Å². The Balaban J connectivity index is 1.62. The number of carbonyl (C=O) groups excluding carboxylic acids is 1. The summed E-state index contributed by atoms with van der Waals surface area (Å²) in [5.74, 6) is 0.748. The van der Waals surface area contributed by atoms with Crippen LogP contribution in [-0.2, 0) is 11.3 Å². The van der Waals surface area contributed by atoms with Crippen LogP contribution in [0.15, 0.2) is 73.1 Å². The fourth-order valence-electron chi connectivity index (χ4n) is 2.45. The van der Waals surface area contributed by atoms with Crippen molar-refractivity contribution >= 4 is 6.09 Å². The summed E-state index contributed by atoms with van der Waals surface area (Å²) in [4.78, 5) is 16.4. The summed E-state index contributed by atoms with van der Waals surface area (Å²) in [6.07, 6.45) is 3.13. The van der Waals surface area contributed by atoms with Crippen LogP contribution in [0.5, 0.6) is 0 Å². The molecule has 0 aliphatic carbocycles.